The number of hydrogen-bond acceptors (Lipinski definition) is 4. The van der Waals surface area contributed by atoms with Gasteiger partial charge in [0.05, 0.1) is 0 Å². The Kier molecular flexibility index (Phi) is 6.24. The number of nitrogens with two attached hydrogens (primary N) is 1. The molecule has 1 aliphatic heterocycles. The van der Waals surface area contributed by atoms with Crippen LogP contribution in [-0.4, -0.2) is 55.6 Å². The summed E-state index contributed by atoms with van der Waals surface area (Å²) in [6.45, 7) is 5.12. The Hall–Kier alpha value is -1.14. The van der Waals surface area contributed by atoms with Crippen LogP contribution in [-0.2, 0) is 14.3 Å². The molecular formula is C13H25N3O3. The van der Waals surface area contributed by atoms with Gasteiger partial charge in [-0.3, -0.25) is 9.59 Å². The first kappa shape index (κ1) is 15.9. The smallest absolute Gasteiger partial charge is 0.248 e. The van der Waals surface area contributed by atoms with Gasteiger partial charge >= 0.3 is 0 Å². The number of methoxy groups -OCH3 is 1. The summed E-state index contributed by atoms with van der Waals surface area (Å²) in [5.41, 5.74) is 5.71. The Morgan fingerprint density at radius 1 is 1.37 bits per heavy atom. The zero-order valence-corrected chi connectivity index (χ0v) is 12.0. The van der Waals surface area contributed by atoms with Crippen molar-refractivity contribution in [3.05, 3.63) is 0 Å². The topological polar surface area (TPSA) is 84.7 Å². The minimum atomic E-state index is -0.187. The molecule has 0 spiro atoms. The van der Waals surface area contributed by atoms with Gasteiger partial charge in [-0.2, -0.15) is 0 Å². The summed E-state index contributed by atoms with van der Waals surface area (Å²) in [4.78, 5) is 25.3. The van der Waals surface area contributed by atoms with Gasteiger partial charge in [0.1, 0.15) is 6.61 Å². The quantitative estimate of drug-likeness (QED) is 0.720. The van der Waals surface area contributed by atoms with Crippen LogP contribution in [0.5, 0.6) is 0 Å². The number of rotatable bonds is 5. The van der Waals surface area contributed by atoms with Crippen molar-refractivity contribution in [3.63, 3.8) is 0 Å². The van der Waals surface area contributed by atoms with Crippen LogP contribution in [0.25, 0.3) is 0 Å². The molecule has 1 aliphatic rings. The summed E-state index contributed by atoms with van der Waals surface area (Å²) >= 11 is 0. The number of carbonyl (C=O) groups excluding carboxylic acids is 2. The number of ether oxygens (including phenoxy) is 1. The highest BCUT2D eigenvalue weighted by molar-refractivity contribution is 5.79. The van der Waals surface area contributed by atoms with Gasteiger partial charge in [0.2, 0.25) is 11.8 Å². The zero-order chi connectivity index (χ0) is 14.4. The largest absolute Gasteiger partial charge is 0.375 e. The van der Waals surface area contributed by atoms with Gasteiger partial charge in [0.25, 0.3) is 0 Å². The van der Waals surface area contributed by atoms with E-state index in [9.17, 15) is 9.59 Å². The van der Waals surface area contributed by atoms with E-state index in [4.69, 9.17) is 10.5 Å². The van der Waals surface area contributed by atoms with E-state index < -0.39 is 0 Å². The lowest BCUT2D eigenvalue weighted by Crippen LogP contribution is -2.49. The van der Waals surface area contributed by atoms with Crippen LogP contribution in [0.4, 0.5) is 0 Å². The predicted octanol–water partition coefficient (Wildman–Crippen LogP) is -0.277. The minimum absolute atomic E-state index is 0.00309. The Morgan fingerprint density at radius 2 is 1.95 bits per heavy atom. The van der Waals surface area contributed by atoms with Crippen LogP contribution in [0.1, 0.15) is 26.7 Å². The second-order valence-electron chi connectivity index (χ2n) is 5.24. The first-order chi connectivity index (χ1) is 8.95. The van der Waals surface area contributed by atoms with Gasteiger partial charge in [0.15, 0.2) is 0 Å². The second-order valence-corrected chi connectivity index (χ2v) is 5.24. The fourth-order valence-electron chi connectivity index (χ4n) is 2.06. The molecule has 0 aromatic rings. The molecule has 0 radical (unpaired) electrons. The first-order valence-corrected chi connectivity index (χ1v) is 6.78. The normalized spacial score (nSPS) is 19.9. The summed E-state index contributed by atoms with van der Waals surface area (Å²) < 4.78 is 4.83. The number of piperidine rings is 1. The van der Waals surface area contributed by atoms with E-state index in [2.05, 4.69) is 5.32 Å². The lowest BCUT2D eigenvalue weighted by atomic mass is 10.0. The molecule has 2 atom stereocenters. The molecule has 3 N–H and O–H groups in total. The number of hydrogen-bond donors (Lipinski definition) is 2. The number of carbonyl (C=O) groups is 2. The molecule has 2 amide bonds. The second kappa shape index (κ2) is 7.45. The third-order valence-corrected chi connectivity index (χ3v) is 3.66. The Morgan fingerprint density at radius 3 is 2.42 bits per heavy atom. The van der Waals surface area contributed by atoms with Crippen LogP contribution in [0.3, 0.4) is 0 Å². The van der Waals surface area contributed by atoms with Gasteiger partial charge in [-0.25, -0.2) is 0 Å². The lowest BCUT2D eigenvalue weighted by molar-refractivity contribution is -0.136. The van der Waals surface area contributed by atoms with Gasteiger partial charge in [0, 0.05) is 38.2 Å². The average molecular weight is 271 g/mol. The van der Waals surface area contributed by atoms with Crippen LogP contribution in [0, 0.1) is 5.92 Å². The summed E-state index contributed by atoms with van der Waals surface area (Å²) in [7, 11) is 1.51. The first-order valence-electron chi connectivity index (χ1n) is 6.78. The van der Waals surface area contributed by atoms with Gasteiger partial charge in [-0.15, -0.1) is 0 Å². The van der Waals surface area contributed by atoms with Crippen molar-refractivity contribution in [2.24, 2.45) is 11.7 Å². The van der Waals surface area contributed by atoms with Crippen molar-refractivity contribution in [2.45, 2.75) is 38.8 Å². The number of likely N-dealkylation sites (tertiary alicyclic amines) is 1. The molecule has 19 heavy (non-hydrogen) atoms. The molecule has 1 rings (SSSR count). The molecule has 1 heterocycles. The van der Waals surface area contributed by atoms with E-state index in [-0.39, 0.29) is 36.4 Å². The molecule has 0 saturated carbocycles. The third kappa shape index (κ3) is 4.80. The highest BCUT2D eigenvalue weighted by atomic mass is 16.5. The number of nitrogens with one attached hydrogen (secondary N) is 1. The van der Waals surface area contributed by atoms with Crippen molar-refractivity contribution in [3.8, 4) is 0 Å². The van der Waals surface area contributed by atoms with Crippen molar-refractivity contribution in [2.75, 3.05) is 26.8 Å². The summed E-state index contributed by atoms with van der Waals surface area (Å²) in [5, 5.41) is 3.00. The molecule has 0 aromatic carbocycles. The van der Waals surface area contributed by atoms with Gasteiger partial charge < -0.3 is 20.7 Å². The fourth-order valence-corrected chi connectivity index (χ4v) is 2.06. The van der Waals surface area contributed by atoms with Crippen molar-refractivity contribution in [1.82, 2.24) is 10.2 Å². The molecule has 1 saturated heterocycles. The number of amides is 2. The molecule has 6 nitrogen and oxygen atoms in total. The van der Waals surface area contributed by atoms with Crippen LogP contribution in [0.2, 0.25) is 0 Å². The standard InChI is InChI=1S/C13H25N3O3/c1-9(10(2)14)13(18)15-11-4-6-16(7-5-11)12(17)8-19-3/h9-11H,4-8,14H2,1-3H3,(H,15,18). The van der Waals surface area contributed by atoms with E-state index in [1.807, 2.05) is 13.8 Å². The van der Waals surface area contributed by atoms with E-state index in [1.54, 1.807) is 4.90 Å². The maximum Gasteiger partial charge on any atom is 0.248 e. The Bertz CT molecular complexity index is 312. The summed E-state index contributed by atoms with van der Waals surface area (Å²) in [5.74, 6) is -0.180. The molecule has 0 aliphatic carbocycles. The molecule has 110 valence electrons. The third-order valence-electron chi connectivity index (χ3n) is 3.66. The zero-order valence-electron chi connectivity index (χ0n) is 12.0. The number of nitrogens with zero attached hydrogens (tertiary/aromatic N) is 1. The van der Waals surface area contributed by atoms with E-state index in [1.165, 1.54) is 7.11 Å². The minimum Gasteiger partial charge on any atom is -0.375 e. The summed E-state index contributed by atoms with van der Waals surface area (Å²) in [6.07, 6.45) is 1.57. The van der Waals surface area contributed by atoms with Crippen molar-refractivity contribution < 1.29 is 14.3 Å². The highest BCUT2D eigenvalue weighted by Crippen LogP contribution is 2.12. The lowest BCUT2D eigenvalue weighted by Gasteiger charge is -2.33. The van der Waals surface area contributed by atoms with Crippen LogP contribution < -0.4 is 11.1 Å². The van der Waals surface area contributed by atoms with E-state index >= 15 is 0 Å². The summed E-state index contributed by atoms with van der Waals surface area (Å²) in [6, 6.07) is -0.0105. The molecule has 6 heteroatoms. The molecule has 2 unspecified atom stereocenters. The van der Waals surface area contributed by atoms with Gasteiger partial charge in [-0.05, 0) is 19.8 Å². The highest BCUT2D eigenvalue weighted by Gasteiger charge is 2.25. The maximum absolute atomic E-state index is 11.9. The fraction of sp³-hybridized carbons (Fsp3) is 0.846. The Labute approximate surface area is 114 Å². The van der Waals surface area contributed by atoms with E-state index in [0.29, 0.717) is 13.1 Å². The van der Waals surface area contributed by atoms with Crippen molar-refractivity contribution >= 4 is 11.8 Å². The Balaban J connectivity index is 2.34. The average Bonchev–Trinajstić information content (AvgIpc) is 2.38. The van der Waals surface area contributed by atoms with E-state index in [0.717, 1.165) is 12.8 Å². The van der Waals surface area contributed by atoms with Crippen LogP contribution >= 0.6 is 0 Å². The molecular weight excluding hydrogens is 246 g/mol. The molecule has 0 aromatic heterocycles. The van der Waals surface area contributed by atoms with Crippen molar-refractivity contribution in [1.29, 1.82) is 0 Å². The molecule has 0 bridgehead atoms. The van der Waals surface area contributed by atoms with Gasteiger partial charge in [-0.1, -0.05) is 6.92 Å². The SMILES string of the molecule is COCC(=O)N1CCC(NC(=O)C(C)C(C)N)CC1. The molecule has 1 fully saturated rings. The monoisotopic (exact) mass is 271 g/mol. The van der Waals surface area contributed by atoms with Crippen LogP contribution in [0.15, 0.2) is 0 Å². The maximum atomic E-state index is 11.9. The predicted molar refractivity (Wildman–Crippen MR) is 72.4 cm³/mol.